The molecule has 0 aromatic heterocycles. The van der Waals surface area contributed by atoms with Crippen LogP contribution in [-0.2, 0) is 31.4 Å². The molecule has 0 aliphatic carbocycles. The number of rotatable bonds is 15. The van der Waals surface area contributed by atoms with Crippen LogP contribution < -0.4 is 0 Å². The Morgan fingerprint density at radius 3 is 0.962 bits per heavy atom. The Morgan fingerprint density at radius 2 is 0.769 bits per heavy atom. The van der Waals surface area contributed by atoms with E-state index in [-0.39, 0.29) is 35.5 Å². The highest BCUT2D eigenvalue weighted by molar-refractivity contribution is 7.51. The second-order valence-corrected chi connectivity index (χ2v) is 15.8. The van der Waals surface area contributed by atoms with Crippen LogP contribution >= 0.6 is 7.82 Å². The molecule has 0 rings (SSSR count). The first-order chi connectivity index (χ1) is 11.9. The van der Waals surface area contributed by atoms with Crippen molar-refractivity contribution in [2.75, 3.05) is 0 Å². The van der Waals surface area contributed by atoms with Crippen LogP contribution in [0.25, 0.3) is 0 Å². The topological polar surface area (TPSA) is 72.5 Å². The summed E-state index contributed by atoms with van der Waals surface area (Å²) in [6.07, 6.45) is 0.306. The van der Waals surface area contributed by atoms with E-state index in [2.05, 4.69) is 0 Å². The van der Waals surface area contributed by atoms with E-state index in [1.165, 1.54) is 0 Å². The Hall–Kier alpha value is 0.641. The maximum Gasteiger partial charge on any atom is 0.443 e. The zero-order chi connectivity index (χ0) is 20.3. The van der Waals surface area contributed by atoms with Crippen molar-refractivity contribution in [3.8, 4) is 0 Å². The van der Waals surface area contributed by atoms with E-state index in [1.54, 1.807) is 0 Å². The van der Waals surface area contributed by atoms with E-state index < -0.39 is 37.1 Å². The van der Waals surface area contributed by atoms with E-state index in [9.17, 15) is 4.57 Å². The van der Waals surface area contributed by atoms with E-state index >= 15 is 0 Å². The highest BCUT2D eigenvalue weighted by Crippen LogP contribution is 2.48. The molecule has 0 saturated heterocycles. The van der Waals surface area contributed by atoms with Gasteiger partial charge in [-0.15, -0.1) is 0 Å². The molecule has 0 bridgehead atoms. The highest BCUT2D eigenvalue weighted by Gasteiger charge is 2.29. The smallest absolute Gasteiger partial charge is 0.377 e. The summed E-state index contributed by atoms with van der Waals surface area (Å²) < 4.78 is 47.2. The van der Waals surface area contributed by atoms with Gasteiger partial charge in [-0.05, 0) is 62.3 Å². The van der Waals surface area contributed by atoms with Crippen molar-refractivity contribution < 1.29 is 31.4 Å². The quantitative estimate of drug-likeness (QED) is 0.280. The fourth-order valence-electron chi connectivity index (χ4n) is 2.21. The van der Waals surface area contributed by atoms with Crippen LogP contribution in [0.5, 0.6) is 0 Å². The van der Waals surface area contributed by atoms with Crippen LogP contribution in [-0.4, -0.2) is 64.8 Å². The van der Waals surface area contributed by atoms with Gasteiger partial charge in [-0.2, -0.15) is 0 Å². The molecule has 7 nitrogen and oxygen atoms in total. The van der Waals surface area contributed by atoms with Gasteiger partial charge in [-0.25, -0.2) is 4.57 Å². The van der Waals surface area contributed by atoms with Crippen LogP contribution in [0.3, 0.4) is 0 Å². The van der Waals surface area contributed by atoms with Crippen molar-refractivity contribution in [1.82, 2.24) is 0 Å². The van der Waals surface area contributed by atoms with Crippen molar-refractivity contribution in [3.63, 3.8) is 0 Å². The Kier molecular flexibility index (Phi) is 14.1. The monoisotopic (exact) mass is 446 g/mol. The first-order valence-corrected chi connectivity index (χ1v) is 15.1. The molecule has 0 radical (unpaired) electrons. The molecule has 0 aromatic rings. The third-order valence-electron chi connectivity index (χ3n) is 2.92. The van der Waals surface area contributed by atoms with Gasteiger partial charge >= 0.3 is 7.82 Å². The summed E-state index contributed by atoms with van der Waals surface area (Å²) in [6, 6.07) is 0. The average Bonchev–Trinajstić information content (AvgIpc) is 2.47. The van der Waals surface area contributed by atoms with Crippen LogP contribution in [0.15, 0.2) is 0 Å². The van der Waals surface area contributed by atoms with Gasteiger partial charge in [-0.3, -0.25) is 0 Å². The van der Waals surface area contributed by atoms with Crippen molar-refractivity contribution in [1.29, 1.82) is 0 Å². The molecule has 158 valence electrons. The van der Waals surface area contributed by atoms with E-state index in [1.807, 2.05) is 62.3 Å². The number of hydrogen-bond acceptors (Lipinski definition) is 7. The molecule has 0 aliphatic heterocycles. The average molecular weight is 447 g/mol. The molecule has 26 heavy (non-hydrogen) atoms. The number of hydrogen-bond donors (Lipinski definition) is 0. The lowest BCUT2D eigenvalue weighted by atomic mass is 10.5. The minimum absolute atomic E-state index is 0.0625. The molecule has 0 aromatic carbocycles. The first kappa shape index (κ1) is 26.6. The van der Waals surface area contributed by atoms with Crippen LogP contribution in [0.4, 0.5) is 0 Å². The molecule has 0 heterocycles. The third kappa shape index (κ3) is 14.7. The van der Waals surface area contributed by atoms with Crippen molar-refractivity contribution in [2.24, 2.45) is 0 Å². The highest BCUT2D eigenvalue weighted by atomic mass is 31.2. The van der Waals surface area contributed by atoms with Crippen molar-refractivity contribution >= 4 is 37.1 Å². The van der Waals surface area contributed by atoms with Gasteiger partial charge in [0.05, 0.1) is 35.5 Å². The zero-order valence-corrected chi connectivity index (χ0v) is 23.0. The van der Waals surface area contributed by atoms with Gasteiger partial charge in [0.15, 0.2) is 0 Å². The molecule has 0 spiro atoms. The van der Waals surface area contributed by atoms with Crippen LogP contribution in [0, 0.1) is 0 Å². The summed E-state index contributed by atoms with van der Waals surface area (Å²) >= 11 is 0. The largest absolute Gasteiger partial charge is 0.443 e. The molecule has 3 atom stereocenters. The molecule has 0 fully saturated rings. The molecular weight excluding hydrogens is 407 g/mol. The normalized spacial score (nSPS) is 19.7. The fourth-order valence-corrected chi connectivity index (χ4v) is 11.2. The summed E-state index contributed by atoms with van der Waals surface area (Å²) in [7, 11) is -7.22. The molecule has 0 saturated carbocycles. The van der Waals surface area contributed by atoms with E-state index in [0.717, 1.165) is 0 Å². The molecule has 0 N–H and O–H groups in total. The number of phosphoric acid groups is 1. The fraction of sp³-hybridized carbons (Fsp3) is 1.00. The number of ether oxygens (including phenoxy) is 3. The van der Waals surface area contributed by atoms with Crippen LogP contribution in [0.2, 0.25) is 0 Å². The van der Waals surface area contributed by atoms with Gasteiger partial charge in [0.1, 0.15) is 0 Å². The predicted molar refractivity (Wildman–Crippen MR) is 114 cm³/mol. The summed E-state index contributed by atoms with van der Waals surface area (Å²) in [5, 5.41) is 0. The van der Waals surface area contributed by atoms with Gasteiger partial charge in [0, 0.05) is 0 Å². The lowest BCUT2D eigenvalue weighted by Crippen LogP contribution is -2.28. The Labute approximate surface area is 166 Å². The standard InChI is InChI=1S/C15H39O7PSi3/c1-10(2)17-13(7)24-20-23(16,21-25-14(8)18-11(3)4)22-26-15(9)19-12(5)6/h10-15H,24-26H2,1-9H3. The Bertz CT molecular complexity index is 356. The van der Waals surface area contributed by atoms with E-state index in [4.69, 9.17) is 26.8 Å². The summed E-state index contributed by atoms with van der Waals surface area (Å²) in [5.74, 6) is 0. The molecule has 3 unspecified atom stereocenters. The SMILES string of the molecule is CC(C)OC(C)[SiH2]OP(=O)(O[SiH2]C(C)OC(C)C)O[SiH2]C(C)OC(C)C. The molecule has 0 aliphatic rings. The van der Waals surface area contributed by atoms with Crippen molar-refractivity contribution in [3.05, 3.63) is 0 Å². The maximum atomic E-state index is 13.1. The minimum atomic E-state index is -3.57. The Morgan fingerprint density at radius 1 is 0.538 bits per heavy atom. The summed E-state index contributed by atoms with van der Waals surface area (Å²) in [5.41, 5.74) is -0.187. The molecule has 11 heteroatoms. The molecular formula is C15H39O7PSi3. The van der Waals surface area contributed by atoms with Gasteiger partial charge in [0.25, 0.3) is 0 Å². The third-order valence-corrected chi connectivity index (χ3v) is 10.5. The van der Waals surface area contributed by atoms with E-state index in [0.29, 0.717) is 0 Å². The van der Waals surface area contributed by atoms with Gasteiger partial charge in [-0.1, -0.05) is 0 Å². The maximum absolute atomic E-state index is 13.1. The predicted octanol–water partition coefficient (Wildman–Crippen LogP) is 1.71. The van der Waals surface area contributed by atoms with Gasteiger partial charge in [0.2, 0.25) is 29.3 Å². The second kappa shape index (κ2) is 13.8. The van der Waals surface area contributed by atoms with Crippen molar-refractivity contribution in [2.45, 2.75) is 97.8 Å². The summed E-state index contributed by atoms with van der Waals surface area (Å²) in [6.45, 7) is 17.6. The summed E-state index contributed by atoms with van der Waals surface area (Å²) in [4.78, 5) is 0. The van der Waals surface area contributed by atoms with Gasteiger partial charge < -0.3 is 26.8 Å². The Balaban J connectivity index is 4.70. The molecule has 0 amide bonds. The first-order valence-electron chi connectivity index (χ1n) is 9.43. The second-order valence-electron chi connectivity index (χ2n) is 7.32. The minimum Gasteiger partial charge on any atom is -0.377 e. The lowest BCUT2D eigenvalue weighted by molar-refractivity contribution is 0.0526. The lowest BCUT2D eigenvalue weighted by Gasteiger charge is -2.25. The zero-order valence-electron chi connectivity index (χ0n) is 17.9. The van der Waals surface area contributed by atoms with Crippen LogP contribution in [0.1, 0.15) is 62.3 Å².